The number of nitrogens with zero attached hydrogens (tertiary/aromatic N) is 3. The van der Waals surface area contributed by atoms with Gasteiger partial charge in [-0.3, -0.25) is 9.89 Å². The Balaban J connectivity index is 1.68. The summed E-state index contributed by atoms with van der Waals surface area (Å²) in [4.78, 5) is 12.5. The number of benzene rings is 2. The van der Waals surface area contributed by atoms with Crippen molar-refractivity contribution in [2.24, 2.45) is 10.2 Å². The van der Waals surface area contributed by atoms with E-state index in [1.165, 1.54) is 4.68 Å². The van der Waals surface area contributed by atoms with E-state index >= 15 is 0 Å². The van der Waals surface area contributed by atoms with E-state index in [2.05, 4.69) is 15.3 Å². The van der Waals surface area contributed by atoms with Gasteiger partial charge in [-0.05, 0) is 31.2 Å². The smallest absolute Gasteiger partial charge is 0.299 e. The fourth-order valence-electron chi connectivity index (χ4n) is 2.47. The number of fused-ring (bicyclic) bond motifs is 1. The molecule has 1 N–H and O–H groups in total. The van der Waals surface area contributed by atoms with Gasteiger partial charge in [0.05, 0.1) is 17.1 Å². The first-order valence-corrected chi connectivity index (χ1v) is 7.41. The van der Waals surface area contributed by atoms with Crippen LogP contribution in [0.4, 0.5) is 11.4 Å². The standard InChI is InChI=1S/C17H14N4O3/c1-11-16(17(22)21(20-11)13-5-3-2-4-6-13)19-18-12-7-8-14-15(9-12)24-10-23-14/h2-9,20H,10H2,1H3. The Labute approximate surface area is 137 Å². The molecule has 0 saturated heterocycles. The number of nitrogens with one attached hydrogen (secondary N) is 1. The molecule has 0 radical (unpaired) electrons. The third-order valence-corrected chi connectivity index (χ3v) is 3.68. The quantitative estimate of drug-likeness (QED) is 0.748. The maximum atomic E-state index is 12.5. The first-order valence-electron chi connectivity index (χ1n) is 7.41. The summed E-state index contributed by atoms with van der Waals surface area (Å²) in [5.74, 6) is 1.30. The van der Waals surface area contributed by atoms with Crippen LogP contribution in [0.2, 0.25) is 0 Å². The largest absolute Gasteiger partial charge is 0.454 e. The lowest BCUT2D eigenvalue weighted by Crippen LogP contribution is -2.13. The van der Waals surface area contributed by atoms with Gasteiger partial charge in [0.25, 0.3) is 5.56 Å². The molecule has 24 heavy (non-hydrogen) atoms. The van der Waals surface area contributed by atoms with Gasteiger partial charge in [-0.2, -0.15) is 5.11 Å². The van der Waals surface area contributed by atoms with Gasteiger partial charge in [-0.25, -0.2) is 4.68 Å². The number of H-pyrrole nitrogens is 1. The van der Waals surface area contributed by atoms with E-state index in [0.29, 0.717) is 22.9 Å². The van der Waals surface area contributed by atoms with Crippen molar-refractivity contribution in [2.75, 3.05) is 6.79 Å². The highest BCUT2D eigenvalue weighted by Crippen LogP contribution is 2.35. The second-order valence-corrected chi connectivity index (χ2v) is 5.30. The van der Waals surface area contributed by atoms with E-state index in [1.54, 1.807) is 25.1 Å². The lowest BCUT2D eigenvalue weighted by Gasteiger charge is -1.99. The van der Waals surface area contributed by atoms with Crippen molar-refractivity contribution in [3.05, 3.63) is 64.6 Å². The molecule has 120 valence electrons. The van der Waals surface area contributed by atoms with Crippen molar-refractivity contribution >= 4 is 11.4 Å². The average molecular weight is 322 g/mol. The number of rotatable bonds is 3. The molecule has 0 saturated carbocycles. The first kappa shape index (κ1) is 14.3. The maximum absolute atomic E-state index is 12.5. The topological polar surface area (TPSA) is 81.0 Å². The monoisotopic (exact) mass is 322 g/mol. The zero-order valence-corrected chi connectivity index (χ0v) is 12.9. The Kier molecular flexibility index (Phi) is 3.38. The summed E-state index contributed by atoms with van der Waals surface area (Å²) in [5.41, 5.74) is 2.01. The predicted octanol–water partition coefficient (Wildman–Crippen LogP) is 3.62. The van der Waals surface area contributed by atoms with Gasteiger partial charge in [0.15, 0.2) is 17.2 Å². The van der Waals surface area contributed by atoms with Crippen LogP contribution in [0.25, 0.3) is 5.69 Å². The van der Waals surface area contributed by atoms with Crippen LogP contribution in [0.3, 0.4) is 0 Å². The molecule has 7 heteroatoms. The summed E-state index contributed by atoms with van der Waals surface area (Å²) in [6.45, 7) is 1.99. The van der Waals surface area contributed by atoms with Crippen LogP contribution in [0.15, 0.2) is 63.6 Å². The van der Waals surface area contributed by atoms with Crippen LogP contribution in [0, 0.1) is 6.92 Å². The number of azo groups is 1. The molecule has 0 unspecified atom stereocenters. The van der Waals surface area contributed by atoms with E-state index in [1.807, 2.05) is 30.3 Å². The van der Waals surface area contributed by atoms with Crippen molar-refractivity contribution in [3.63, 3.8) is 0 Å². The number of aromatic nitrogens is 2. The molecule has 1 aliphatic rings. The van der Waals surface area contributed by atoms with Gasteiger partial charge in [-0.1, -0.05) is 18.2 Å². The van der Waals surface area contributed by atoms with Gasteiger partial charge < -0.3 is 9.47 Å². The summed E-state index contributed by atoms with van der Waals surface area (Å²) >= 11 is 0. The number of ether oxygens (including phenoxy) is 2. The summed E-state index contributed by atoms with van der Waals surface area (Å²) < 4.78 is 12.0. The first-order chi connectivity index (χ1) is 11.7. The van der Waals surface area contributed by atoms with Crippen molar-refractivity contribution in [1.29, 1.82) is 0 Å². The molecule has 0 amide bonds. The van der Waals surface area contributed by atoms with E-state index in [0.717, 1.165) is 5.69 Å². The van der Waals surface area contributed by atoms with E-state index in [-0.39, 0.29) is 18.0 Å². The molecule has 0 spiro atoms. The highest BCUT2D eigenvalue weighted by molar-refractivity contribution is 5.53. The van der Waals surface area contributed by atoms with Crippen molar-refractivity contribution < 1.29 is 9.47 Å². The molecule has 2 aromatic carbocycles. The highest BCUT2D eigenvalue weighted by Gasteiger charge is 2.14. The number of para-hydroxylation sites is 1. The second kappa shape index (κ2) is 5.69. The summed E-state index contributed by atoms with van der Waals surface area (Å²) in [6, 6.07) is 14.6. The van der Waals surface area contributed by atoms with E-state index < -0.39 is 0 Å². The molecule has 3 aromatic rings. The Bertz CT molecular complexity index is 973. The van der Waals surface area contributed by atoms with E-state index in [9.17, 15) is 4.79 Å². The molecule has 1 aromatic heterocycles. The third-order valence-electron chi connectivity index (χ3n) is 3.68. The molecule has 4 rings (SSSR count). The van der Waals surface area contributed by atoms with Crippen LogP contribution < -0.4 is 15.0 Å². The minimum Gasteiger partial charge on any atom is -0.454 e. The molecular formula is C17H14N4O3. The molecule has 1 aliphatic heterocycles. The van der Waals surface area contributed by atoms with E-state index in [4.69, 9.17) is 9.47 Å². The molecule has 2 heterocycles. The van der Waals surface area contributed by atoms with Gasteiger partial charge in [0.2, 0.25) is 6.79 Å². The molecular weight excluding hydrogens is 308 g/mol. The van der Waals surface area contributed by atoms with Gasteiger partial charge in [0, 0.05) is 6.07 Å². The summed E-state index contributed by atoms with van der Waals surface area (Å²) in [6.07, 6.45) is 0. The molecule has 0 fully saturated rings. The number of hydrogen-bond donors (Lipinski definition) is 1. The zero-order valence-electron chi connectivity index (χ0n) is 12.9. The average Bonchev–Trinajstić information content (AvgIpc) is 3.18. The highest BCUT2D eigenvalue weighted by atomic mass is 16.7. The van der Waals surface area contributed by atoms with Crippen molar-refractivity contribution in [2.45, 2.75) is 6.92 Å². The molecule has 0 bridgehead atoms. The number of aryl methyl sites for hydroxylation is 1. The van der Waals surface area contributed by atoms with Gasteiger partial charge in [-0.15, -0.1) is 5.11 Å². The Morgan fingerprint density at radius 3 is 2.67 bits per heavy atom. The SMILES string of the molecule is Cc1[nH]n(-c2ccccc2)c(=O)c1N=Nc1ccc2c(c1)OCO2. The fraction of sp³-hybridized carbons (Fsp3) is 0.118. The lowest BCUT2D eigenvalue weighted by atomic mass is 10.3. The van der Waals surface area contributed by atoms with Crippen molar-refractivity contribution in [1.82, 2.24) is 9.78 Å². The molecule has 7 nitrogen and oxygen atoms in total. The summed E-state index contributed by atoms with van der Waals surface area (Å²) in [5, 5.41) is 11.3. The van der Waals surface area contributed by atoms with Crippen LogP contribution in [0.5, 0.6) is 11.5 Å². The Morgan fingerprint density at radius 1 is 1.04 bits per heavy atom. The fourth-order valence-corrected chi connectivity index (χ4v) is 2.47. The molecule has 0 atom stereocenters. The zero-order chi connectivity index (χ0) is 16.5. The second-order valence-electron chi connectivity index (χ2n) is 5.30. The lowest BCUT2D eigenvalue weighted by molar-refractivity contribution is 0.174. The van der Waals surface area contributed by atoms with Crippen LogP contribution in [-0.4, -0.2) is 16.6 Å². The minimum absolute atomic E-state index is 0.203. The van der Waals surface area contributed by atoms with Gasteiger partial charge >= 0.3 is 0 Å². The number of hydrogen-bond acceptors (Lipinski definition) is 5. The van der Waals surface area contributed by atoms with Crippen LogP contribution in [-0.2, 0) is 0 Å². The Morgan fingerprint density at radius 2 is 1.83 bits per heavy atom. The molecule has 0 aliphatic carbocycles. The normalized spacial score (nSPS) is 12.9. The third kappa shape index (κ3) is 2.45. The minimum atomic E-state index is -0.247. The Hall–Kier alpha value is -3.35. The maximum Gasteiger partial charge on any atom is 0.299 e. The van der Waals surface area contributed by atoms with Crippen LogP contribution >= 0.6 is 0 Å². The van der Waals surface area contributed by atoms with Crippen LogP contribution in [0.1, 0.15) is 5.69 Å². The van der Waals surface area contributed by atoms with Crippen molar-refractivity contribution in [3.8, 4) is 17.2 Å². The number of aromatic amines is 1. The summed E-state index contributed by atoms with van der Waals surface area (Å²) in [7, 11) is 0. The van der Waals surface area contributed by atoms with Gasteiger partial charge in [0.1, 0.15) is 0 Å². The predicted molar refractivity (Wildman–Crippen MR) is 87.9 cm³/mol.